The normalized spacial score (nSPS) is 19.0. The second kappa shape index (κ2) is 10.4. The molecule has 2 aliphatic heterocycles. The van der Waals surface area contributed by atoms with Crippen molar-refractivity contribution in [3.05, 3.63) is 51.7 Å². The number of piperazine rings is 1. The molecule has 0 saturated carbocycles. The van der Waals surface area contributed by atoms with Gasteiger partial charge in [0.2, 0.25) is 11.8 Å². The van der Waals surface area contributed by atoms with E-state index in [1.165, 1.54) is 11.3 Å². The summed E-state index contributed by atoms with van der Waals surface area (Å²) >= 11 is 7.49. The van der Waals surface area contributed by atoms with E-state index >= 15 is 0 Å². The highest BCUT2D eigenvalue weighted by Gasteiger charge is 2.30. The smallest absolute Gasteiger partial charge is 0.263 e. The zero-order chi connectivity index (χ0) is 22.5. The van der Waals surface area contributed by atoms with E-state index in [-0.39, 0.29) is 30.2 Å². The number of hydrogen-bond donors (Lipinski definition) is 1. The number of piperidine rings is 1. The summed E-state index contributed by atoms with van der Waals surface area (Å²) in [6.07, 6.45) is 1.52. The van der Waals surface area contributed by atoms with Gasteiger partial charge in [0.1, 0.15) is 0 Å². The molecule has 1 aromatic carbocycles. The topological polar surface area (TPSA) is 73.0 Å². The lowest BCUT2D eigenvalue weighted by Gasteiger charge is -2.36. The summed E-state index contributed by atoms with van der Waals surface area (Å²) in [6.45, 7) is 3.71. The molecule has 2 fully saturated rings. The molecule has 1 aromatic heterocycles. The molecular formula is C23H27ClN4O3S. The lowest BCUT2D eigenvalue weighted by atomic mass is 9.97. The van der Waals surface area contributed by atoms with Gasteiger partial charge >= 0.3 is 0 Å². The molecule has 170 valence electrons. The van der Waals surface area contributed by atoms with Crippen molar-refractivity contribution >= 4 is 46.3 Å². The highest BCUT2D eigenvalue weighted by molar-refractivity contribution is 7.12. The van der Waals surface area contributed by atoms with E-state index in [9.17, 15) is 14.4 Å². The fraction of sp³-hybridized carbons (Fsp3) is 0.435. The molecule has 0 spiro atoms. The minimum atomic E-state index is -0.278. The third-order valence-electron chi connectivity index (χ3n) is 6.03. The van der Waals surface area contributed by atoms with Crippen molar-refractivity contribution in [2.24, 2.45) is 5.92 Å². The number of likely N-dealkylation sites (tertiary alicyclic amines) is 1. The first-order valence-corrected chi connectivity index (χ1v) is 12.2. The van der Waals surface area contributed by atoms with Crippen LogP contribution in [0.3, 0.4) is 0 Å². The van der Waals surface area contributed by atoms with E-state index in [1.54, 1.807) is 9.80 Å². The minimum Gasteiger partial charge on any atom is -0.368 e. The standard InChI is InChI=1S/C23H27ClN4O3S/c24-18-5-1-6-19(14-18)26-9-11-27(12-10-26)21(29)15-25-22(30)17-4-2-8-28(16-17)23(31)20-7-3-13-32-20/h1,3,5-7,13-14,17H,2,4,8-12,15-16H2,(H,25,30). The monoisotopic (exact) mass is 474 g/mol. The fourth-order valence-corrected chi connectivity index (χ4v) is 5.11. The number of nitrogens with one attached hydrogen (secondary N) is 1. The summed E-state index contributed by atoms with van der Waals surface area (Å²) in [4.78, 5) is 44.3. The molecule has 0 radical (unpaired) electrons. The van der Waals surface area contributed by atoms with Gasteiger partial charge in [0.25, 0.3) is 5.91 Å². The number of rotatable bonds is 5. The number of hydrogen-bond acceptors (Lipinski definition) is 5. The Kier molecular flexibility index (Phi) is 7.32. The quantitative estimate of drug-likeness (QED) is 0.723. The third-order valence-corrected chi connectivity index (χ3v) is 7.12. The first kappa shape index (κ1) is 22.6. The molecule has 1 N–H and O–H groups in total. The average Bonchev–Trinajstić information content (AvgIpc) is 3.37. The Morgan fingerprint density at radius 2 is 1.84 bits per heavy atom. The van der Waals surface area contributed by atoms with E-state index in [0.29, 0.717) is 36.1 Å². The Bertz CT molecular complexity index is 960. The van der Waals surface area contributed by atoms with E-state index in [4.69, 9.17) is 11.6 Å². The molecule has 2 saturated heterocycles. The van der Waals surface area contributed by atoms with Crippen molar-refractivity contribution in [3.63, 3.8) is 0 Å². The van der Waals surface area contributed by atoms with Crippen molar-refractivity contribution in [1.29, 1.82) is 0 Å². The van der Waals surface area contributed by atoms with Crippen LogP contribution in [-0.2, 0) is 9.59 Å². The van der Waals surface area contributed by atoms with E-state index in [1.807, 2.05) is 41.8 Å². The highest BCUT2D eigenvalue weighted by Crippen LogP contribution is 2.22. The van der Waals surface area contributed by atoms with E-state index < -0.39 is 0 Å². The maximum Gasteiger partial charge on any atom is 0.263 e. The van der Waals surface area contributed by atoms with Gasteiger partial charge in [-0.25, -0.2) is 0 Å². The second-order valence-corrected chi connectivity index (χ2v) is 9.52. The summed E-state index contributed by atoms with van der Waals surface area (Å²) in [5.74, 6) is -0.530. The van der Waals surface area contributed by atoms with Gasteiger partial charge in [-0.2, -0.15) is 0 Å². The fourth-order valence-electron chi connectivity index (χ4n) is 4.24. The molecule has 0 bridgehead atoms. The molecule has 32 heavy (non-hydrogen) atoms. The van der Waals surface area contributed by atoms with Crippen molar-refractivity contribution in [1.82, 2.24) is 15.1 Å². The predicted molar refractivity (Wildman–Crippen MR) is 126 cm³/mol. The Morgan fingerprint density at radius 1 is 1.03 bits per heavy atom. The van der Waals surface area contributed by atoms with Gasteiger partial charge < -0.3 is 20.0 Å². The number of amides is 3. The lowest BCUT2D eigenvalue weighted by Crippen LogP contribution is -2.52. The summed E-state index contributed by atoms with van der Waals surface area (Å²) in [7, 11) is 0. The Hall–Kier alpha value is -2.58. The van der Waals surface area contributed by atoms with E-state index in [2.05, 4.69) is 10.2 Å². The zero-order valence-corrected chi connectivity index (χ0v) is 19.4. The molecule has 7 nitrogen and oxygen atoms in total. The van der Waals surface area contributed by atoms with Crippen molar-refractivity contribution in [2.45, 2.75) is 12.8 Å². The number of benzene rings is 1. The molecule has 4 rings (SSSR count). The number of anilines is 1. The molecule has 2 aliphatic rings. The highest BCUT2D eigenvalue weighted by atomic mass is 35.5. The number of nitrogens with zero attached hydrogens (tertiary/aromatic N) is 3. The SMILES string of the molecule is O=C(NCC(=O)N1CCN(c2cccc(Cl)c2)CC1)C1CCCN(C(=O)c2cccs2)C1. The second-order valence-electron chi connectivity index (χ2n) is 8.13. The first-order valence-electron chi connectivity index (χ1n) is 10.9. The predicted octanol–water partition coefficient (Wildman–Crippen LogP) is 2.72. The van der Waals surface area contributed by atoms with Gasteiger partial charge in [-0.05, 0) is 42.5 Å². The Balaban J connectivity index is 1.22. The summed E-state index contributed by atoms with van der Waals surface area (Å²) in [5, 5.41) is 5.37. The van der Waals surface area contributed by atoms with Crippen LogP contribution >= 0.6 is 22.9 Å². The summed E-state index contributed by atoms with van der Waals surface area (Å²) in [6, 6.07) is 11.4. The molecule has 1 unspecified atom stereocenters. The van der Waals surface area contributed by atoms with Crippen LogP contribution in [-0.4, -0.2) is 73.3 Å². The maximum atomic E-state index is 12.7. The molecule has 9 heteroatoms. The van der Waals surface area contributed by atoms with Crippen LogP contribution in [0.25, 0.3) is 0 Å². The van der Waals surface area contributed by atoms with Crippen LogP contribution in [0.15, 0.2) is 41.8 Å². The number of carbonyl (C=O) groups excluding carboxylic acids is 3. The van der Waals surface area contributed by atoms with Crippen LogP contribution in [0.1, 0.15) is 22.5 Å². The van der Waals surface area contributed by atoms with Gasteiger partial charge in [-0.15, -0.1) is 11.3 Å². The van der Waals surface area contributed by atoms with Crippen LogP contribution in [0.4, 0.5) is 5.69 Å². The van der Waals surface area contributed by atoms with E-state index in [0.717, 1.165) is 31.6 Å². The van der Waals surface area contributed by atoms with Crippen molar-refractivity contribution in [2.75, 3.05) is 50.7 Å². The van der Waals surface area contributed by atoms with Gasteiger partial charge in [0, 0.05) is 50.0 Å². The van der Waals surface area contributed by atoms with Gasteiger partial charge in [0.05, 0.1) is 17.3 Å². The van der Waals surface area contributed by atoms with Crippen molar-refractivity contribution in [3.8, 4) is 0 Å². The molecule has 2 aromatic rings. The Labute approximate surface area is 196 Å². The van der Waals surface area contributed by atoms with Crippen LogP contribution in [0.2, 0.25) is 5.02 Å². The number of carbonyl (C=O) groups is 3. The molecule has 3 heterocycles. The van der Waals surface area contributed by atoms with Gasteiger partial charge in [-0.1, -0.05) is 23.7 Å². The van der Waals surface area contributed by atoms with Crippen LogP contribution in [0, 0.1) is 5.92 Å². The average molecular weight is 475 g/mol. The lowest BCUT2D eigenvalue weighted by molar-refractivity contribution is -0.134. The molecular weight excluding hydrogens is 448 g/mol. The minimum absolute atomic E-state index is 0.00856. The molecule has 0 aliphatic carbocycles. The molecule has 1 atom stereocenters. The summed E-state index contributed by atoms with van der Waals surface area (Å²) < 4.78 is 0. The third kappa shape index (κ3) is 5.42. The van der Waals surface area contributed by atoms with Gasteiger partial charge in [0.15, 0.2) is 0 Å². The largest absolute Gasteiger partial charge is 0.368 e. The van der Waals surface area contributed by atoms with Crippen molar-refractivity contribution < 1.29 is 14.4 Å². The number of halogens is 1. The summed E-state index contributed by atoms with van der Waals surface area (Å²) in [5.41, 5.74) is 1.05. The van der Waals surface area contributed by atoms with Gasteiger partial charge in [-0.3, -0.25) is 14.4 Å². The zero-order valence-electron chi connectivity index (χ0n) is 17.8. The van der Waals surface area contributed by atoms with Crippen LogP contribution < -0.4 is 10.2 Å². The van der Waals surface area contributed by atoms with Crippen LogP contribution in [0.5, 0.6) is 0 Å². The Morgan fingerprint density at radius 3 is 2.56 bits per heavy atom. The molecule has 3 amide bonds. The maximum absolute atomic E-state index is 12.7. The first-order chi connectivity index (χ1) is 15.5. The number of thiophene rings is 1.